The van der Waals surface area contributed by atoms with Gasteiger partial charge in [-0.25, -0.2) is 0 Å². The molecule has 0 aliphatic heterocycles. The van der Waals surface area contributed by atoms with E-state index in [9.17, 15) is 0 Å². The van der Waals surface area contributed by atoms with Crippen molar-refractivity contribution in [1.29, 1.82) is 0 Å². The molecule has 2 N–H and O–H groups in total. The minimum Gasteiger partial charge on any atom is -0.491 e. The van der Waals surface area contributed by atoms with Crippen LogP contribution in [0.1, 0.15) is 5.56 Å². The molecule has 0 radical (unpaired) electrons. The molecular formula is C18H17ClN2O2. The molecule has 0 fully saturated rings. The first-order valence-electron chi connectivity index (χ1n) is 7.37. The molecule has 1 heterocycles. The summed E-state index contributed by atoms with van der Waals surface area (Å²) in [6, 6.07) is 15.4. The van der Waals surface area contributed by atoms with Crippen molar-refractivity contribution < 1.29 is 9.84 Å². The van der Waals surface area contributed by atoms with Crippen LogP contribution in [0.25, 0.3) is 10.9 Å². The van der Waals surface area contributed by atoms with Gasteiger partial charge < -0.3 is 15.2 Å². The summed E-state index contributed by atoms with van der Waals surface area (Å²) in [5.41, 5.74) is 2.98. The average molecular weight is 329 g/mol. The van der Waals surface area contributed by atoms with Crippen LogP contribution in [-0.4, -0.2) is 23.3 Å². The summed E-state index contributed by atoms with van der Waals surface area (Å²) in [7, 11) is 0. The third kappa shape index (κ3) is 3.92. The third-order valence-corrected chi connectivity index (χ3v) is 3.66. The Bertz CT molecular complexity index is 791. The lowest BCUT2D eigenvalue weighted by Gasteiger charge is -2.10. The van der Waals surface area contributed by atoms with Gasteiger partial charge in [0.25, 0.3) is 0 Å². The molecule has 3 aromatic rings. The summed E-state index contributed by atoms with van der Waals surface area (Å²) in [6.45, 7) is 0.937. The number of nitrogens with one attached hydrogen (secondary N) is 1. The molecule has 23 heavy (non-hydrogen) atoms. The predicted molar refractivity (Wildman–Crippen MR) is 93.1 cm³/mol. The maximum Gasteiger partial charge on any atom is 0.119 e. The Kier molecular flexibility index (Phi) is 4.95. The highest BCUT2D eigenvalue weighted by atomic mass is 35.5. The number of nitrogens with zero attached hydrogens (tertiary/aromatic N) is 1. The van der Waals surface area contributed by atoms with E-state index in [-0.39, 0.29) is 6.61 Å². The summed E-state index contributed by atoms with van der Waals surface area (Å²) in [5, 5.41) is 13.8. The van der Waals surface area contributed by atoms with E-state index in [0.29, 0.717) is 18.2 Å². The van der Waals surface area contributed by atoms with E-state index in [0.717, 1.165) is 27.9 Å². The van der Waals surface area contributed by atoms with Crippen LogP contribution in [0.5, 0.6) is 5.75 Å². The van der Waals surface area contributed by atoms with Gasteiger partial charge in [0.2, 0.25) is 0 Å². The van der Waals surface area contributed by atoms with E-state index in [2.05, 4.69) is 10.3 Å². The molecule has 0 unspecified atom stereocenters. The summed E-state index contributed by atoms with van der Waals surface area (Å²) in [4.78, 5) is 4.44. The minimum absolute atomic E-state index is 0.00877. The molecule has 0 spiro atoms. The van der Waals surface area contributed by atoms with Crippen molar-refractivity contribution in [3.63, 3.8) is 0 Å². The number of rotatable bonds is 6. The lowest BCUT2D eigenvalue weighted by molar-refractivity contribution is 0.201. The summed E-state index contributed by atoms with van der Waals surface area (Å²) in [5.74, 6) is 0.736. The van der Waals surface area contributed by atoms with Crippen molar-refractivity contribution in [2.45, 2.75) is 6.54 Å². The molecule has 1 aromatic heterocycles. The van der Waals surface area contributed by atoms with Crippen molar-refractivity contribution in [1.82, 2.24) is 4.98 Å². The van der Waals surface area contributed by atoms with Gasteiger partial charge in [-0.05, 0) is 48.0 Å². The summed E-state index contributed by atoms with van der Waals surface area (Å²) in [6.07, 6.45) is 1.78. The van der Waals surface area contributed by atoms with Crippen molar-refractivity contribution >= 4 is 28.2 Å². The second-order valence-corrected chi connectivity index (χ2v) is 5.53. The van der Waals surface area contributed by atoms with Crippen LogP contribution in [0.2, 0.25) is 5.02 Å². The maximum atomic E-state index is 8.75. The average Bonchev–Trinajstić information content (AvgIpc) is 2.58. The normalized spacial score (nSPS) is 10.7. The Morgan fingerprint density at radius 3 is 2.74 bits per heavy atom. The number of hydrogen-bond donors (Lipinski definition) is 2. The molecule has 118 valence electrons. The maximum absolute atomic E-state index is 8.75. The number of aliphatic hydroxyl groups is 1. The highest BCUT2D eigenvalue weighted by Gasteiger charge is 2.04. The molecule has 0 saturated heterocycles. The second kappa shape index (κ2) is 7.31. The number of anilines is 1. The van der Waals surface area contributed by atoms with Crippen LogP contribution < -0.4 is 10.1 Å². The molecule has 3 rings (SSSR count). The van der Waals surface area contributed by atoms with E-state index in [1.165, 1.54) is 0 Å². The summed E-state index contributed by atoms with van der Waals surface area (Å²) < 4.78 is 5.34. The molecular weight excluding hydrogens is 312 g/mol. The van der Waals surface area contributed by atoms with Crippen LogP contribution >= 0.6 is 11.6 Å². The van der Waals surface area contributed by atoms with E-state index < -0.39 is 0 Å². The zero-order chi connectivity index (χ0) is 16.1. The van der Waals surface area contributed by atoms with Crippen LogP contribution in [0.15, 0.2) is 54.7 Å². The van der Waals surface area contributed by atoms with Gasteiger partial charge in [-0.2, -0.15) is 0 Å². The first kappa shape index (κ1) is 15.6. The lowest BCUT2D eigenvalue weighted by atomic mass is 10.1. The number of benzene rings is 2. The SMILES string of the molecule is OCCOc1ccc(NCc2cc(Cl)cc3cccnc23)cc1. The van der Waals surface area contributed by atoms with Crippen LogP contribution in [0.3, 0.4) is 0 Å². The van der Waals surface area contributed by atoms with Crippen LogP contribution in [0, 0.1) is 0 Å². The number of fused-ring (bicyclic) bond motifs is 1. The highest BCUT2D eigenvalue weighted by molar-refractivity contribution is 6.31. The zero-order valence-corrected chi connectivity index (χ0v) is 13.3. The van der Waals surface area contributed by atoms with E-state index >= 15 is 0 Å². The first-order valence-corrected chi connectivity index (χ1v) is 7.75. The number of aliphatic hydroxyl groups excluding tert-OH is 1. The number of halogens is 1. The van der Waals surface area contributed by atoms with Crippen LogP contribution in [0.4, 0.5) is 5.69 Å². The Morgan fingerprint density at radius 1 is 1.13 bits per heavy atom. The molecule has 0 aliphatic rings. The topological polar surface area (TPSA) is 54.4 Å². The van der Waals surface area contributed by atoms with Crippen LogP contribution in [-0.2, 0) is 6.54 Å². The predicted octanol–water partition coefficient (Wildman–Crippen LogP) is 3.87. The highest BCUT2D eigenvalue weighted by Crippen LogP contribution is 2.23. The number of pyridine rings is 1. The van der Waals surface area contributed by atoms with Crippen molar-refractivity contribution in [2.24, 2.45) is 0 Å². The molecule has 2 aromatic carbocycles. The third-order valence-electron chi connectivity index (χ3n) is 3.45. The van der Waals surface area contributed by atoms with Gasteiger partial charge in [0.1, 0.15) is 12.4 Å². The molecule has 0 bridgehead atoms. The number of aromatic nitrogens is 1. The molecule has 0 amide bonds. The summed E-state index contributed by atoms with van der Waals surface area (Å²) >= 11 is 6.18. The Labute approximate surface area is 139 Å². The van der Waals surface area contributed by atoms with Gasteiger partial charge in [-0.3, -0.25) is 4.98 Å². The standard InChI is InChI=1S/C18H17ClN2O2/c19-15-10-13-2-1-7-20-18(13)14(11-15)12-21-16-3-5-17(6-4-16)23-9-8-22/h1-7,10-11,21-22H,8-9,12H2. The van der Waals surface area contributed by atoms with E-state index in [1.54, 1.807) is 6.20 Å². The Morgan fingerprint density at radius 2 is 1.96 bits per heavy atom. The smallest absolute Gasteiger partial charge is 0.119 e. The molecule has 0 atom stereocenters. The van der Waals surface area contributed by atoms with E-state index in [4.69, 9.17) is 21.4 Å². The van der Waals surface area contributed by atoms with Gasteiger partial charge in [-0.15, -0.1) is 0 Å². The van der Waals surface area contributed by atoms with E-state index in [1.807, 2.05) is 48.5 Å². The van der Waals surface area contributed by atoms with Gasteiger partial charge in [0, 0.05) is 28.8 Å². The second-order valence-electron chi connectivity index (χ2n) is 5.09. The Hall–Kier alpha value is -2.30. The van der Waals surface area contributed by atoms with Crippen molar-refractivity contribution in [3.05, 3.63) is 65.3 Å². The Balaban J connectivity index is 1.73. The lowest BCUT2D eigenvalue weighted by Crippen LogP contribution is -2.03. The van der Waals surface area contributed by atoms with Crippen molar-refractivity contribution in [2.75, 3.05) is 18.5 Å². The van der Waals surface area contributed by atoms with Crippen molar-refractivity contribution in [3.8, 4) is 5.75 Å². The quantitative estimate of drug-likeness (QED) is 0.721. The van der Waals surface area contributed by atoms with Gasteiger partial charge >= 0.3 is 0 Å². The fraction of sp³-hybridized carbons (Fsp3) is 0.167. The minimum atomic E-state index is 0.00877. The molecule has 4 nitrogen and oxygen atoms in total. The monoisotopic (exact) mass is 328 g/mol. The van der Waals surface area contributed by atoms with Gasteiger partial charge in [-0.1, -0.05) is 17.7 Å². The molecule has 0 saturated carbocycles. The fourth-order valence-corrected chi connectivity index (χ4v) is 2.64. The number of ether oxygens (including phenoxy) is 1. The first-order chi connectivity index (χ1) is 11.3. The van der Waals surface area contributed by atoms with Gasteiger partial charge in [0.05, 0.1) is 12.1 Å². The fourth-order valence-electron chi connectivity index (χ4n) is 2.39. The molecule has 5 heteroatoms. The zero-order valence-electron chi connectivity index (χ0n) is 12.5. The largest absolute Gasteiger partial charge is 0.491 e. The number of hydrogen-bond acceptors (Lipinski definition) is 4. The van der Waals surface area contributed by atoms with Gasteiger partial charge in [0.15, 0.2) is 0 Å². The molecule has 0 aliphatic carbocycles.